The molecule has 0 unspecified atom stereocenters. The van der Waals surface area contributed by atoms with E-state index in [0.29, 0.717) is 5.76 Å². The Kier molecular flexibility index (Phi) is 6.98. The SMILES string of the molecule is C=C/C(=C\C(=C)C)c1cnco1.CCC. The number of hydrogen-bond acceptors (Lipinski definition) is 2. The highest BCUT2D eigenvalue weighted by Gasteiger charge is 1.99. The van der Waals surface area contributed by atoms with Crippen molar-refractivity contribution in [1.29, 1.82) is 0 Å². The number of aromatic nitrogens is 1. The maximum atomic E-state index is 5.10. The minimum absolute atomic E-state index is 0.716. The highest BCUT2D eigenvalue weighted by atomic mass is 16.3. The Labute approximate surface area is 92.0 Å². The van der Waals surface area contributed by atoms with E-state index in [-0.39, 0.29) is 0 Å². The molecule has 0 aliphatic heterocycles. The van der Waals surface area contributed by atoms with E-state index in [4.69, 9.17) is 4.42 Å². The number of oxazole rings is 1. The van der Waals surface area contributed by atoms with Crippen LogP contribution < -0.4 is 0 Å². The molecule has 0 saturated carbocycles. The Bertz CT molecular complexity index is 320. The van der Waals surface area contributed by atoms with E-state index in [1.165, 1.54) is 12.8 Å². The Balaban J connectivity index is 0.000000583. The minimum atomic E-state index is 0.716. The van der Waals surface area contributed by atoms with Crippen molar-refractivity contribution in [3.63, 3.8) is 0 Å². The zero-order valence-corrected chi connectivity index (χ0v) is 9.79. The summed E-state index contributed by atoms with van der Waals surface area (Å²) in [7, 11) is 0. The van der Waals surface area contributed by atoms with Gasteiger partial charge in [-0.25, -0.2) is 4.98 Å². The van der Waals surface area contributed by atoms with E-state index in [1.807, 2.05) is 13.0 Å². The fraction of sp³-hybridized carbons (Fsp3) is 0.308. The summed E-state index contributed by atoms with van der Waals surface area (Å²) >= 11 is 0. The van der Waals surface area contributed by atoms with E-state index in [0.717, 1.165) is 11.1 Å². The van der Waals surface area contributed by atoms with Crippen LogP contribution in [0.25, 0.3) is 5.57 Å². The maximum Gasteiger partial charge on any atom is 0.181 e. The number of hydrogen-bond donors (Lipinski definition) is 0. The molecule has 0 atom stereocenters. The van der Waals surface area contributed by atoms with Crippen LogP contribution in [0.3, 0.4) is 0 Å². The molecule has 0 N–H and O–H groups in total. The fourth-order valence-electron chi connectivity index (χ4n) is 0.854. The summed E-state index contributed by atoms with van der Waals surface area (Å²) in [4.78, 5) is 3.81. The van der Waals surface area contributed by atoms with Gasteiger partial charge in [0.15, 0.2) is 12.2 Å². The maximum absolute atomic E-state index is 5.10. The smallest absolute Gasteiger partial charge is 0.181 e. The summed E-state index contributed by atoms with van der Waals surface area (Å²) in [6, 6.07) is 0. The van der Waals surface area contributed by atoms with Gasteiger partial charge in [0.25, 0.3) is 0 Å². The molecule has 0 aliphatic carbocycles. The van der Waals surface area contributed by atoms with Gasteiger partial charge in [0, 0.05) is 5.57 Å². The molecule has 1 aromatic heterocycles. The predicted molar refractivity (Wildman–Crippen MR) is 65.5 cm³/mol. The Hall–Kier alpha value is -1.57. The van der Waals surface area contributed by atoms with Gasteiger partial charge in [0.05, 0.1) is 6.20 Å². The molecule has 0 fully saturated rings. The summed E-state index contributed by atoms with van der Waals surface area (Å²) in [5.41, 5.74) is 1.86. The van der Waals surface area contributed by atoms with Gasteiger partial charge in [-0.05, 0) is 13.0 Å². The van der Waals surface area contributed by atoms with Gasteiger partial charge in [0.2, 0.25) is 0 Å². The third-order valence-corrected chi connectivity index (χ3v) is 1.34. The van der Waals surface area contributed by atoms with Crippen LogP contribution in [0.15, 0.2) is 47.9 Å². The molecule has 0 amide bonds. The second kappa shape index (κ2) is 7.80. The van der Waals surface area contributed by atoms with E-state index in [1.54, 1.807) is 12.3 Å². The lowest BCUT2D eigenvalue weighted by Gasteiger charge is -1.94. The Morgan fingerprint density at radius 3 is 2.47 bits per heavy atom. The number of nitrogens with zero attached hydrogens (tertiary/aromatic N) is 1. The van der Waals surface area contributed by atoms with Crippen LogP contribution in [-0.2, 0) is 0 Å². The molecule has 0 spiro atoms. The van der Waals surface area contributed by atoms with Crippen molar-refractivity contribution < 1.29 is 4.42 Å². The van der Waals surface area contributed by atoms with Crippen molar-refractivity contribution in [2.75, 3.05) is 0 Å². The molecule has 0 saturated heterocycles. The third-order valence-electron chi connectivity index (χ3n) is 1.34. The topological polar surface area (TPSA) is 26.0 Å². The summed E-state index contributed by atoms with van der Waals surface area (Å²) in [5, 5.41) is 0. The molecular weight excluding hydrogens is 186 g/mol. The molecular formula is C13H19NO. The van der Waals surface area contributed by atoms with Gasteiger partial charge in [0.1, 0.15) is 0 Å². The first-order valence-electron chi connectivity index (χ1n) is 5.04. The van der Waals surface area contributed by atoms with Gasteiger partial charge in [-0.2, -0.15) is 0 Å². The molecule has 0 radical (unpaired) electrons. The van der Waals surface area contributed by atoms with Crippen molar-refractivity contribution in [3.05, 3.63) is 49.2 Å². The van der Waals surface area contributed by atoms with Crippen molar-refractivity contribution in [2.24, 2.45) is 0 Å². The van der Waals surface area contributed by atoms with Crippen LogP contribution in [0.4, 0.5) is 0 Å². The van der Waals surface area contributed by atoms with Crippen LogP contribution in [0.5, 0.6) is 0 Å². The number of allylic oxidation sites excluding steroid dienone is 4. The van der Waals surface area contributed by atoms with Crippen LogP contribution in [0.2, 0.25) is 0 Å². The average molecular weight is 205 g/mol. The van der Waals surface area contributed by atoms with Crippen molar-refractivity contribution in [2.45, 2.75) is 27.2 Å². The lowest BCUT2D eigenvalue weighted by Crippen LogP contribution is -1.76. The Morgan fingerprint density at radius 2 is 2.13 bits per heavy atom. The van der Waals surface area contributed by atoms with Gasteiger partial charge in [-0.15, -0.1) is 0 Å². The van der Waals surface area contributed by atoms with Crippen molar-refractivity contribution in [3.8, 4) is 0 Å². The molecule has 2 nitrogen and oxygen atoms in total. The van der Waals surface area contributed by atoms with E-state index < -0.39 is 0 Å². The first-order valence-corrected chi connectivity index (χ1v) is 5.04. The average Bonchev–Trinajstić information content (AvgIpc) is 2.68. The first-order chi connectivity index (χ1) is 7.15. The van der Waals surface area contributed by atoms with Crippen molar-refractivity contribution in [1.82, 2.24) is 4.98 Å². The van der Waals surface area contributed by atoms with Crippen LogP contribution in [0, 0.1) is 0 Å². The van der Waals surface area contributed by atoms with Crippen LogP contribution >= 0.6 is 0 Å². The molecule has 82 valence electrons. The molecule has 1 rings (SSSR count). The lowest BCUT2D eigenvalue weighted by atomic mass is 10.1. The van der Waals surface area contributed by atoms with Crippen LogP contribution in [-0.4, -0.2) is 4.98 Å². The summed E-state index contributed by atoms with van der Waals surface area (Å²) in [6.07, 6.45) is 7.91. The summed E-state index contributed by atoms with van der Waals surface area (Å²) in [6.45, 7) is 13.6. The normalized spacial score (nSPS) is 10.2. The molecule has 1 heterocycles. The quantitative estimate of drug-likeness (QED) is 0.690. The second-order valence-electron chi connectivity index (χ2n) is 3.22. The van der Waals surface area contributed by atoms with Crippen molar-refractivity contribution >= 4 is 5.57 Å². The fourth-order valence-corrected chi connectivity index (χ4v) is 0.854. The third kappa shape index (κ3) is 5.68. The molecule has 0 aliphatic rings. The molecule has 0 aromatic carbocycles. The molecule has 2 heteroatoms. The zero-order valence-electron chi connectivity index (χ0n) is 9.79. The van der Waals surface area contributed by atoms with E-state index in [9.17, 15) is 0 Å². The first kappa shape index (κ1) is 13.4. The minimum Gasteiger partial charge on any atom is -0.444 e. The van der Waals surface area contributed by atoms with E-state index >= 15 is 0 Å². The van der Waals surface area contributed by atoms with Gasteiger partial charge < -0.3 is 4.42 Å². The highest BCUT2D eigenvalue weighted by molar-refractivity contribution is 5.71. The highest BCUT2D eigenvalue weighted by Crippen LogP contribution is 2.15. The largest absolute Gasteiger partial charge is 0.444 e. The standard InChI is InChI=1S/C10H11NO.C3H8/c1-4-9(5-8(2)3)10-6-11-7-12-10;1-3-2/h4-7H,1-2H2,3H3;3H2,1-2H3/b9-5+;. The molecule has 0 bridgehead atoms. The van der Waals surface area contributed by atoms with Gasteiger partial charge in [-0.1, -0.05) is 45.1 Å². The zero-order chi connectivity index (χ0) is 11.7. The van der Waals surface area contributed by atoms with Gasteiger partial charge in [-0.3, -0.25) is 0 Å². The monoisotopic (exact) mass is 205 g/mol. The lowest BCUT2D eigenvalue weighted by molar-refractivity contribution is 0.545. The molecule has 1 aromatic rings. The van der Waals surface area contributed by atoms with E-state index in [2.05, 4.69) is 32.0 Å². The number of rotatable bonds is 3. The summed E-state index contributed by atoms with van der Waals surface area (Å²) < 4.78 is 5.10. The Morgan fingerprint density at radius 1 is 1.53 bits per heavy atom. The molecule has 15 heavy (non-hydrogen) atoms. The van der Waals surface area contributed by atoms with Crippen LogP contribution in [0.1, 0.15) is 33.0 Å². The second-order valence-corrected chi connectivity index (χ2v) is 3.22. The summed E-state index contributed by atoms with van der Waals surface area (Å²) in [5.74, 6) is 0.716. The predicted octanol–water partition coefficient (Wildman–Crippen LogP) is 4.24. The van der Waals surface area contributed by atoms with Gasteiger partial charge >= 0.3 is 0 Å².